The summed E-state index contributed by atoms with van der Waals surface area (Å²) in [5, 5.41) is 10.0. The molecule has 18 heavy (non-hydrogen) atoms. The number of carboxylic acid groups (broad SMARTS) is 1. The van der Waals surface area contributed by atoms with E-state index in [0.717, 1.165) is 16.5 Å². The number of hydrogen-bond donors (Lipinski definition) is 3. The van der Waals surface area contributed by atoms with Crippen molar-refractivity contribution in [1.29, 1.82) is 0 Å². The fourth-order valence-corrected chi connectivity index (χ4v) is 2.27. The van der Waals surface area contributed by atoms with Crippen LogP contribution in [-0.2, 0) is 4.79 Å². The lowest BCUT2D eigenvalue weighted by atomic mass is 9.78. The summed E-state index contributed by atoms with van der Waals surface area (Å²) >= 11 is 0. The molecule has 0 aliphatic heterocycles. The highest BCUT2D eigenvalue weighted by Crippen LogP contribution is 2.37. The Kier molecular flexibility index (Phi) is 3.13. The number of nitrogens with one attached hydrogen (secondary N) is 1. The molecule has 0 spiro atoms. The van der Waals surface area contributed by atoms with Gasteiger partial charge in [0.05, 0.1) is 6.42 Å². The number of carbonyl (C=O) groups is 1. The van der Waals surface area contributed by atoms with Gasteiger partial charge in [-0.25, -0.2) is 0 Å². The van der Waals surface area contributed by atoms with E-state index in [1.807, 2.05) is 44.3 Å². The monoisotopic (exact) mass is 246 g/mol. The number of aromatic amines is 1. The summed E-state index contributed by atoms with van der Waals surface area (Å²) in [5.74, 6) is -0.824. The summed E-state index contributed by atoms with van der Waals surface area (Å²) in [5.41, 5.74) is 7.75. The van der Waals surface area contributed by atoms with Gasteiger partial charge in [-0.15, -0.1) is 0 Å². The lowest BCUT2D eigenvalue weighted by molar-refractivity contribution is -0.139. The van der Waals surface area contributed by atoms with Crippen LogP contribution in [-0.4, -0.2) is 16.1 Å². The van der Waals surface area contributed by atoms with Crippen LogP contribution in [0.25, 0.3) is 10.9 Å². The molecule has 2 aromatic rings. The normalized spacial score (nSPS) is 13.7. The van der Waals surface area contributed by atoms with Gasteiger partial charge < -0.3 is 15.8 Å². The number of H-pyrrole nitrogens is 1. The lowest BCUT2D eigenvalue weighted by Gasteiger charge is -2.29. The van der Waals surface area contributed by atoms with Gasteiger partial charge >= 0.3 is 5.97 Å². The van der Waals surface area contributed by atoms with Crippen LogP contribution in [0.3, 0.4) is 0 Å². The van der Waals surface area contributed by atoms with E-state index in [4.69, 9.17) is 10.8 Å². The van der Waals surface area contributed by atoms with Crippen molar-refractivity contribution in [3.05, 3.63) is 36.0 Å². The molecule has 4 heteroatoms. The molecule has 1 aromatic carbocycles. The third-order valence-electron chi connectivity index (χ3n) is 3.41. The second-order valence-electron chi connectivity index (χ2n) is 5.33. The number of benzene rings is 1. The first-order valence-electron chi connectivity index (χ1n) is 5.95. The predicted molar refractivity (Wildman–Crippen MR) is 71.3 cm³/mol. The molecule has 4 nitrogen and oxygen atoms in total. The Bertz CT molecular complexity index is 572. The summed E-state index contributed by atoms with van der Waals surface area (Å²) < 4.78 is 0. The highest BCUT2D eigenvalue weighted by molar-refractivity contribution is 5.83. The molecular formula is C14H18N2O2. The summed E-state index contributed by atoms with van der Waals surface area (Å²) in [6.45, 7) is 3.76. The third kappa shape index (κ3) is 2.24. The van der Waals surface area contributed by atoms with E-state index < -0.39 is 11.4 Å². The van der Waals surface area contributed by atoms with Gasteiger partial charge in [-0.1, -0.05) is 32.0 Å². The van der Waals surface area contributed by atoms with Crippen LogP contribution in [0.1, 0.15) is 31.9 Å². The zero-order chi connectivity index (χ0) is 13.3. The van der Waals surface area contributed by atoms with Crippen LogP contribution >= 0.6 is 0 Å². The molecule has 0 radical (unpaired) electrons. The molecule has 0 saturated heterocycles. The van der Waals surface area contributed by atoms with Crippen molar-refractivity contribution in [1.82, 2.24) is 4.98 Å². The first kappa shape index (κ1) is 12.6. The molecular weight excluding hydrogens is 228 g/mol. The molecule has 4 N–H and O–H groups in total. The maximum Gasteiger partial charge on any atom is 0.303 e. The number of para-hydroxylation sites is 1. The minimum atomic E-state index is -0.824. The third-order valence-corrected chi connectivity index (χ3v) is 3.41. The number of aliphatic carboxylic acids is 1. The SMILES string of the molecule is CC(C)(CC(=O)O)C(N)c1c[nH]c2ccccc12. The molecule has 0 amide bonds. The van der Waals surface area contributed by atoms with Gasteiger partial charge in [0, 0.05) is 23.1 Å². The maximum absolute atomic E-state index is 10.9. The summed E-state index contributed by atoms with van der Waals surface area (Å²) in [7, 11) is 0. The maximum atomic E-state index is 10.9. The average molecular weight is 246 g/mol. The van der Waals surface area contributed by atoms with Gasteiger partial charge in [0.15, 0.2) is 0 Å². The Morgan fingerprint density at radius 3 is 2.78 bits per heavy atom. The molecule has 0 fully saturated rings. The topological polar surface area (TPSA) is 79.1 Å². The standard InChI is InChI=1S/C14H18N2O2/c1-14(2,7-12(17)18)13(15)10-8-16-11-6-4-3-5-9(10)11/h3-6,8,13,16H,7,15H2,1-2H3,(H,17,18). The van der Waals surface area contributed by atoms with Crippen LogP contribution in [0.2, 0.25) is 0 Å². The van der Waals surface area contributed by atoms with E-state index in [1.165, 1.54) is 0 Å². The molecule has 2 rings (SSSR count). The minimum Gasteiger partial charge on any atom is -0.481 e. The zero-order valence-electron chi connectivity index (χ0n) is 10.6. The van der Waals surface area contributed by atoms with Gasteiger partial charge in [0.25, 0.3) is 0 Å². The summed E-state index contributed by atoms with van der Waals surface area (Å²) in [4.78, 5) is 14.1. The lowest BCUT2D eigenvalue weighted by Crippen LogP contribution is -2.31. The van der Waals surface area contributed by atoms with Gasteiger partial charge in [0.2, 0.25) is 0 Å². The highest BCUT2D eigenvalue weighted by atomic mass is 16.4. The van der Waals surface area contributed by atoms with E-state index in [0.29, 0.717) is 0 Å². The highest BCUT2D eigenvalue weighted by Gasteiger charge is 2.31. The molecule has 0 saturated carbocycles. The summed E-state index contributed by atoms with van der Waals surface area (Å²) in [6, 6.07) is 7.57. The van der Waals surface area contributed by atoms with Crippen LogP contribution in [0.4, 0.5) is 0 Å². The second-order valence-corrected chi connectivity index (χ2v) is 5.33. The zero-order valence-corrected chi connectivity index (χ0v) is 10.6. The van der Waals surface area contributed by atoms with Crippen molar-refractivity contribution in [2.45, 2.75) is 26.3 Å². The van der Waals surface area contributed by atoms with Crippen LogP contribution in [0.15, 0.2) is 30.5 Å². The van der Waals surface area contributed by atoms with Crippen LogP contribution in [0.5, 0.6) is 0 Å². The Hall–Kier alpha value is -1.81. The predicted octanol–water partition coefficient (Wildman–Crippen LogP) is 2.67. The average Bonchev–Trinajstić information content (AvgIpc) is 2.69. The molecule has 0 aliphatic carbocycles. The quantitative estimate of drug-likeness (QED) is 0.776. The van der Waals surface area contributed by atoms with Crippen molar-refractivity contribution in [2.75, 3.05) is 0 Å². The number of aromatic nitrogens is 1. The first-order chi connectivity index (χ1) is 8.42. The number of carboxylic acids is 1. The van der Waals surface area contributed by atoms with Crippen molar-refractivity contribution in [2.24, 2.45) is 11.1 Å². The van der Waals surface area contributed by atoms with Crippen LogP contribution in [0, 0.1) is 5.41 Å². The van der Waals surface area contributed by atoms with Crippen LogP contribution < -0.4 is 5.73 Å². The van der Waals surface area contributed by atoms with Crippen molar-refractivity contribution < 1.29 is 9.90 Å². The van der Waals surface area contributed by atoms with E-state index in [2.05, 4.69) is 4.98 Å². The molecule has 1 unspecified atom stereocenters. The van der Waals surface area contributed by atoms with Gasteiger partial charge in [0.1, 0.15) is 0 Å². The van der Waals surface area contributed by atoms with Gasteiger partial charge in [-0.05, 0) is 17.0 Å². The molecule has 1 heterocycles. The fraction of sp³-hybridized carbons (Fsp3) is 0.357. The number of rotatable bonds is 4. The summed E-state index contributed by atoms with van der Waals surface area (Å²) in [6.07, 6.45) is 1.92. The largest absolute Gasteiger partial charge is 0.481 e. The molecule has 0 aliphatic rings. The Labute approximate surface area is 106 Å². The number of nitrogens with two attached hydrogens (primary N) is 1. The Morgan fingerprint density at radius 2 is 2.11 bits per heavy atom. The van der Waals surface area contributed by atoms with Crippen molar-refractivity contribution in [3.8, 4) is 0 Å². The Morgan fingerprint density at radius 1 is 1.44 bits per heavy atom. The van der Waals surface area contributed by atoms with Crippen molar-refractivity contribution in [3.63, 3.8) is 0 Å². The van der Waals surface area contributed by atoms with Gasteiger partial charge in [-0.3, -0.25) is 4.79 Å². The van der Waals surface area contributed by atoms with E-state index in [-0.39, 0.29) is 12.5 Å². The van der Waals surface area contributed by atoms with Crippen molar-refractivity contribution >= 4 is 16.9 Å². The number of hydrogen-bond acceptors (Lipinski definition) is 2. The first-order valence-corrected chi connectivity index (χ1v) is 5.95. The van der Waals surface area contributed by atoms with E-state index in [9.17, 15) is 4.79 Å². The van der Waals surface area contributed by atoms with E-state index in [1.54, 1.807) is 0 Å². The van der Waals surface area contributed by atoms with E-state index >= 15 is 0 Å². The molecule has 96 valence electrons. The Balaban J connectivity index is 2.39. The van der Waals surface area contributed by atoms with Gasteiger partial charge in [-0.2, -0.15) is 0 Å². The fourth-order valence-electron chi connectivity index (χ4n) is 2.27. The smallest absolute Gasteiger partial charge is 0.303 e. The molecule has 0 bridgehead atoms. The second kappa shape index (κ2) is 4.46. The molecule has 1 atom stereocenters. The minimum absolute atomic E-state index is 0.0493. The number of fused-ring (bicyclic) bond motifs is 1. The molecule has 1 aromatic heterocycles.